The Morgan fingerprint density at radius 1 is 0.963 bits per heavy atom. The van der Waals surface area contributed by atoms with Crippen LogP contribution in [0.3, 0.4) is 0 Å². The number of carbonyl (C=O) groups is 1. The van der Waals surface area contributed by atoms with Gasteiger partial charge in [-0.1, -0.05) is 12.2 Å². The second kappa shape index (κ2) is 8.45. The fourth-order valence-corrected chi connectivity index (χ4v) is 3.01. The summed E-state index contributed by atoms with van der Waals surface area (Å²) in [6.45, 7) is 0. The number of allylic oxidation sites excluding steroid dienone is 2. The quantitative estimate of drug-likeness (QED) is 0.778. The average Bonchev–Trinajstić information content (AvgIpc) is 2.71. The van der Waals surface area contributed by atoms with Crippen LogP contribution in [0.2, 0.25) is 0 Å². The number of amides is 1. The third-order valence-electron chi connectivity index (χ3n) is 4.48. The summed E-state index contributed by atoms with van der Waals surface area (Å²) < 4.78 is 15.8. The normalized spacial score (nSPS) is 12.9. The number of anilines is 1. The lowest BCUT2D eigenvalue weighted by Gasteiger charge is -2.17. The van der Waals surface area contributed by atoms with Crippen molar-refractivity contribution in [3.63, 3.8) is 0 Å². The molecule has 0 bridgehead atoms. The Labute approximate surface area is 159 Å². The lowest BCUT2D eigenvalue weighted by molar-refractivity contribution is -0.111. The standard InChI is InChI=1S/C22H23NO4/c1-25-19-9-7-18(8-10-19)23-22(24)11-5-15-4-6-16-13-20(26-2)21(27-3)14-17(16)12-15/h5,7-14H,4,6H2,1-3H3,(H,23,24)/b11-5+. The second-order valence-electron chi connectivity index (χ2n) is 6.18. The molecule has 0 radical (unpaired) electrons. The third-order valence-corrected chi connectivity index (χ3v) is 4.48. The summed E-state index contributed by atoms with van der Waals surface area (Å²) in [6, 6.07) is 11.2. The fourth-order valence-electron chi connectivity index (χ4n) is 3.01. The number of ether oxygens (including phenoxy) is 3. The number of nitrogens with one attached hydrogen (secondary N) is 1. The van der Waals surface area contributed by atoms with Crippen LogP contribution in [0, 0.1) is 0 Å². The molecule has 0 atom stereocenters. The van der Waals surface area contributed by atoms with Crippen LogP contribution in [0.5, 0.6) is 17.2 Å². The number of aryl methyl sites for hydroxylation is 1. The van der Waals surface area contributed by atoms with E-state index in [0.29, 0.717) is 5.75 Å². The van der Waals surface area contributed by atoms with Crippen LogP contribution in [0.15, 0.2) is 54.1 Å². The monoisotopic (exact) mass is 365 g/mol. The zero-order chi connectivity index (χ0) is 19.2. The van der Waals surface area contributed by atoms with Gasteiger partial charge < -0.3 is 19.5 Å². The molecule has 1 aliphatic carbocycles. The minimum atomic E-state index is -0.167. The van der Waals surface area contributed by atoms with Crippen LogP contribution in [0.1, 0.15) is 17.5 Å². The van der Waals surface area contributed by atoms with Crippen molar-refractivity contribution in [3.05, 3.63) is 65.3 Å². The van der Waals surface area contributed by atoms with Crippen LogP contribution >= 0.6 is 0 Å². The SMILES string of the molecule is COc1ccc(NC(=O)/C=C/C2=Cc3cc(OC)c(OC)cc3CC2)cc1. The van der Waals surface area contributed by atoms with Crippen molar-refractivity contribution in [1.82, 2.24) is 0 Å². The van der Waals surface area contributed by atoms with Gasteiger partial charge in [0, 0.05) is 11.8 Å². The van der Waals surface area contributed by atoms with E-state index in [1.807, 2.05) is 30.3 Å². The molecule has 0 fully saturated rings. The van der Waals surface area contributed by atoms with Crippen LogP contribution in [-0.2, 0) is 11.2 Å². The van der Waals surface area contributed by atoms with Gasteiger partial charge in [-0.25, -0.2) is 0 Å². The first-order valence-corrected chi connectivity index (χ1v) is 8.71. The van der Waals surface area contributed by atoms with Gasteiger partial charge in [0.2, 0.25) is 5.91 Å². The summed E-state index contributed by atoms with van der Waals surface area (Å²) in [5, 5.41) is 2.84. The van der Waals surface area contributed by atoms with Gasteiger partial charge in [-0.2, -0.15) is 0 Å². The van der Waals surface area contributed by atoms with E-state index in [1.165, 1.54) is 5.56 Å². The first kappa shape index (κ1) is 18.6. The summed E-state index contributed by atoms with van der Waals surface area (Å²) >= 11 is 0. The minimum absolute atomic E-state index is 0.167. The van der Waals surface area contributed by atoms with Gasteiger partial charge in [0.15, 0.2) is 11.5 Å². The van der Waals surface area contributed by atoms with Crippen molar-refractivity contribution in [3.8, 4) is 17.2 Å². The highest BCUT2D eigenvalue weighted by Gasteiger charge is 2.14. The Morgan fingerprint density at radius 2 is 1.67 bits per heavy atom. The van der Waals surface area contributed by atoms with E-state index >= 15 is 0 Å². The number of hydrogen-bond acceptors (Lipinski definition) is 4. The van der Waals surface area contributed by atoms with E-state index < -0.39 is 0 Å². The van der Waals surface area contributed by atoms with Gasteiger partial charge in [-0.15, -0.1) is 0 Å². The molecule has 0 unspecified atom stereocenters. The Morgan fingerprint density at radius 3 is 2.33 bits per heavy atom. The van der Waals surface area contributed by atoms with Crippen LogP contribution in [-0.4, -0.2) is 27.2 Å². The molecule has 5 nitrogen and oxygen atoms in total. The number of methoxy groups -OCH3 is 3. The maximum atomic E-state index is 12.1. The Hall–Kier alpha value is -3.21. The molecule has 2 aromatic rings. The molecule has 0 heterocycles. The van der Waals surface area contributed by atoms with Crippen molar-refractivity contribution in [2.45, 2.75) is 12.8 Å². The predicted octanol–water partition coefficient (Wildman–Crippen LogP) is 4.24. The highest BCUT2D eigenvalue weighted by molar-refractivity contribution is 5.99. The van der Waals surface area contributed by atoms with Crippen molar-refractivity contribution >= 4 is 17.7 Å². The lowest BCUT2D eigenvalue weighted by Crippen LogP contribution is -2.08. The largest absolute Gasteiger partial charge is 0.497 e. The van der Waals surface area contributed by atoms with Crippen molar-refractivity contribution < 1.29 is 19.0 Å². The number of hydrogen-bond donors (Lipinski definition) is 1. The lowest BCUT2D eigenvalue weighted by atomic mass is 9.91. The smallest absolute Gasteiger partial charge is 0.248 e. The van der Waals surface area contributed by atoms with Gasteiger partial charge in [0.1, 0.15) is 5.75 Å². The van der Waals surface area contributed by atoms with E-state index in [4.69, 9.17) is 14.2 Å². The highest BCUT2D eigenvalue weighted by atomic mass is 16.5. The summed E-state index contributed by atoms with van der Waals surface area (Å²) in [7, 11) is 4.87. The van der Waals surface area contributed by atoms with Crippen LogP contribution in [0.4, 0.5) is 5.69 Å². The van der Waals surface area contributed by atoms with Gasteiger partial charge in [-0.05, 0) is 65.9 Å². The maximum absolute atomic E-state index is 12.1. The van der Waals surface area contributed by atoms with Crippen molar-refractivity contribution in [2.24, 2.45) is 0 Å². The maximum Gasteiger partial charge on any atom is 0.248 e. The average molecular weight is 365 g/mol. The molecular formula is C22H23NO4. The fraction of sp³-hybridized carbons (Fsp3) is 0.227. The minimum Gasteiger partial charge on any atom is -0.497 e. The topological polar surface area (TPSA) is 56.8 Å². The highest BCUT2D eigenvalue weighted by Crippen LogP contribution is 2.35. The Kier molecular flexibility index (Phi) is 5.81. The molecule has 1 N–H and O–H groups in total. The molecule has 3 rings (SSSR count). The third kappa shape index (κ3) is 4.50. The van der Waals surface area contributed by atoms with Crippen molar-refractivity contribution in [2.75, 3.05) is 26.6 Å². The molecule has 0 aliphatic heterocycles. The van der Waals surface area contributed by atoms with Gasteiger partial charge in [0.05, 0.1) is 21.3 Å². The van der Waals surface area contributed by atoms with E-state index in [9.17, 15) is 4.79 Å². The molecule has 2 aromatic carbocycles. The zero-order valence-corrected chi connectivity index (χ0v) is 15.7. The molecule has 0 saturated carbocycles. The molecule has 27 heavy (non-hydrogen) atoms. The number of carbonyl (C=O) groups excluding carboxylic acids is 1. The van der Waals surface area contributed by atoms with Gasteiger partial charge >= 0.3 is 0 Å². The molecule has 0 saturated heterocycles. The number of rotatable bonds is 6. The summed E-state index contributed by atoms with van der Waals surface area (Å²) in [6.07, 6.45) is 7.26. The van der Waals surface area contributed by atoms with Crippen LogP contribution < -0.4 is 19.5 Å². The molecular weight excluding hydrogens is 342 g/mol. The molecule has 0 aromatic heterocycles. The van der Waals surface area contributed by atoms with E-state index in [0.717, 1.165) is 41.2 Å². The molecule has 140 valence electrons. The summed E-state index contributed by atoms with van der Waals surface area (Å²) in [5.74, 6) is 2.03. The van der Waals surface area contributed by atoms with E-state index in [-0.39, 0.29) is 5.91 Å². The van der Waals surface area contributed by atoms with Gasteiger partial charge in [-0.3, -0.25) is 4.79 Å². The molecule has 0 spiro atoms. The van der Waals surface area contributed by atoms with E-state index in [1.54, 1.807) is 39.5 Å². The zero-order valence-electron chi connectivity index (χ0n) is 15.7. The first-order valence-electron chi connectivity index (χ1n) is 8.71. The Bertz CT molecular complexity index is 882. The summed E-state index contributed by atoms with van der Waals surface area (Å²) in [5.41, 5.74) is 4.13. The number of benzene rings is 2. The van der Waals surface area contributed by atoms with Crippen LogP contribution in [0.25, 0.3) is 6.08 Å². The second-order valence-corrected chi connectivity index (χ2v) is 6.18. The predicted molar refractivity (Wildman–Crippen MR) is 107 cm³/mol. The first-order chi connectivity index (χ1) is 13.1. The molecule has 5 heteroatoms. The Balaban J connectivity index is 1.70. The molecule has 1 aliphatic rings. The van der Waals surface area contributed by atoms with Gasteiger partial charge in [0.25, 0.3) is 0 Å². The number of fused-ring (bicyclic) bond motifs is 1. The van der Waals surface area contributed by atoms with Crippen molar-refractivity contribution in [1.29, 1.82) is 0 Å². The molecule has 1 amide bonds. The summed E-state index contributed by atoms with van der Waals surface area (Å²) in [4.78, 5) is 12.1. The van der Waals surface area contributed by atoms with E-state index in [2.05, 4.69) is 11.4 Å².